The third-order valence-corrected chi connectivity index (χ3v) is 5.60. The Balaban J connectivity index is 1.88. The highest BCUT2D eigenvalue weighted by Gasteiger charge is 2.30. The van der Waals surface area contributed by atoms with Crippen molar-refractivity contribution in [3.8, 4) is 0 Å². The van der Waals surface area contributed by atoms with Crippen LogP contribution in [0.5, 0.6) is 0 Å². The van der Waals surface area contributed by atoms with Crippen molar-refractivity contribution >= 4 is 39.0 Å². The van der Waals surface area contributed by atoms with E-state index in [-0.39, 0.29) is 0 Å². The van der Waals surface area contributed by atoms with Crippen molar-refractivity contribution in [1.29, 1.82) is 0 Å². The Hall–Kier alpha value is -0.870. The van der Waals surface area contributed by atoms with Gasteiger partial charge in [-0.05, 0) is 48.8 Å². The molecule has 5 heteroatoms. The van der Waals surface area contributed by atoms with Gasteiger partial charge in [-0.3, -0.25) is 0 Å². The lowest BCUT2D eigenvalue weighted by molar-refractivity contribution is 0.199. The third kappa shape index (κ3) is 3.02. The maximum atomic E-state index is 6.11. The molecule has 2 aromatic heterocycles. The second-order valence-electron chi connectivity index (χ2n) is 7.02. The summed E-state index contributed by atoms with van der Waals surface area (Å²) < 4.78 is 0. The molecule has 3 nitrogen and oxygen atoms in total. The molecule has 1 aliphatic rings. The molecule has 0 unspecified atom stereocenters. The molecule has 0 saturated carbocycles. The van der Waals surface area contributed by atoms with Crippen molar-refractivity contribution in [3.05, 3.63) is 16.2 Å². The monoisotopic (exact) mass is 323 g/mol. The predicted molar refractivity (Wildman–Crippen MR) is 91.6 cm³/mol. The number of hydrogen-bond donors (Lipinski definition) is 0. The fourth-order valence-corrected chi connectivity index (χ4v) is 4.29. The zero-order valence-electron chi connectivity index (χ0n) is 13.1. The van der Waals surface area contributed by atoms with E-state index in [1.54, 1.807) is 11.3 Å². The molecule has 1 saturated heterocycles. The van der Waals surface area contributed by atoms with Gasteiger partial charge in [-0.1, -0.05) is 20.8 Å². The topological polar surface area (TPSA) is 29.0 Å². The molecule has 0 aromatic carbocycles. The quantitative estimate of drug-likeness (QED) is 0.698. The molecule has 0 radical (unpaired) electrons. The van der Waals surface area contributed by atoms with Crippen molar-refractivity contribution in [1.82, 2.24) is 9.97 Å². The zero-order valence-corrected chi connectivity index (χ0v) is 14.7. The van der Waals surface area contributed by atoms with Gasteiger partial charge in [-0.15, -0.1) is 11.3 Å². The summed E-state index contributed by atoms with van der Waals surface area (Å²) >= 11 is 7.80. The summed E-state index contributed by atoms with van der Waals surface area (Å²) in [6.45, 7) is 11.2. The summed E-state index contributed by atoms with van der Waals surface area (Å²) in [6, 6.07) is 2.18. The van der Waals surface area contributed by atoms with Crippen molar-refractivity contribution in [2.45, 2.75) is 40.5 Å². The van der Waals surface area contributed by atoms with E-state index in [4.69, 9.17) is 11.6 Å². The highest BCUT2D eigenvalue weighted by atomic mass is 35.5. The van der Waals surface area contributed by atoms with Gasteiger partial charge in [0.15, 0.2) is 0 Å². The highest BCUT2D eigenvalue weighted by Crippen LogP contribution is 2.38. The minimum Gasteiger partial charge on any atom is -0.356 e. The molecule has 0 atom stereocenters. The zero-order chi connectivity index (χ0) is 15.2. The second kappa shape index (κ2) is 5.40. The molecule has 2 aromatic rings. The fourth-order valence-electron chi connectivity index (χ4n) is 3.20. The van der Waals surface area contributed by atoms with Crippen LogP contribution in [0.2, 0.25) is 5.28 Å². The van der Waals surface area contributed by atoms with Gasteiger partial charge in [-0.25, -0.2) is 4.98 Å². The van der Waals surface area contributed by atoms with Crippen LogP contribution in [0.3, 0.4) is 0 Å². The van der Waals surface area contributed by atoms with E-state index in [9.17, 15) is 0 Å². The minimum absolute atomic E-state index is 0.359. The van der Waals surface area contributed by atoms with E-state index in [1.165, 1.54) is 17.7 Å². The maximum absolute atomic E-state index is 6.11. The smallest absolute Gasteiger partial charge is 0.225 e. The van der Waals surface area contributed by atoms with Crippen LogP contribution in [0.1, 0.15) is 38.5 Å². The Kier molecular flexibility index (Phi) is 3.87. The molecule has 3 rings (SSSR count). The van der Waals surface area contributed by atoms with Crippen LogP contribution in [-0.4, -0.2) is 23.1 Å². The number of halogens is 1. The van der Waals surface area contributed by atoms with Crippen LogP contribution in [0.25, 0.3) is 10.2 Å². The Morgan fingerprint density at radius 1 is 1.24 bits per heavy atom. The number of fused-ring (bicyclic) bond motifs is 1. The lowest BCUT2D eigenvalue weighted by Crippen LogP contribution is -2.38. The van der Waals surface area contributed by atoms with Gasteiger partial charge < -0.3 is 4.90 Å². The largest absolute Gasteiger partial charge is 0.356 e. The predicted octanol–water partition coefficient (Wildman–Crippen LogP) is 4.92. The number of piperidine rings is 1. The first-order chi connectivity index (χ1) is 9.84. The molecule has 21 heavy (non-hydrogen) atoms. The van der Waals surface area contributed by atoms with Gasteiger partial charge in [0.25, 0.3) is 0 Å². The van der Waals surface area contributed by atoms with Crippen molar-refractivity contribution in [3.63, 3.8) is 0 Å². The lowest BCUT2D eigenvalue weighted by Gasteiger charge is -2.39. The van der Waals surface area contributed by atoms with Gasteiger partial charge in [-0.2, -0.15) is 4.98 Å². The standard InChI is InChI=1S/C16H22ClN3S/c1-10-9-12-13(18-15(17)19-14(12)21-10)20-7-5-11(6-8-20)16(2,3)4/h9,11H,5-8H2,1-4H3. The number of thiophene rings is 1. The number of hydrogen-bond acceptors (Lipinski definition) is 4. The molecule has 0 spiro atoms. The number of anilines is 1. The molecule has 0 aliphatic carbocycles. The first kappa shape index (κ1) is 15.0. The van der Waals surface area contributed by atoms with E-state index < -0.39 is 0 Å². The van der Waals surface area contributed by atoms with Gasteiger partial charge in [0.2, 0.25) is 5.28 Å². The van der Waals surface area contributed by atoms with Crippen LogP contribution < -0.4 is 4.90 Å². The maximum Gasteiger partial charge on any atom is 0.225 e. The number of aromatic nitrogens is 2. The summed E-state index contributed by atoms with van der Waals surface area (Å²) in [6.07, 6.45) is 2.44. The van der Waals surface area contributed by atoms with Crippen molar-refractivity contribution in [2.24, 2.45) is 11.3 Å². The van der Waals surface area contributed by atoms with Crippen LogP contribution in [-0.2, 0) is 0 Å². The molecule has 1 fully saturated rings. The first-order valence-corrected chi connectivity index (χ1v) is 8.72. The van der Waals surface area contributed by atoms with Gasteiger partial charge in [0, 0.05) is 18.0 Å². The molecule has 0 amide bonds. The highest BCUT2D eigenvalue weighted by molar-refractivity contribution is 7.18. The Morgan fingerprint density at radius 3 is 2.52 bits per heavy atom. The molecular weight excluding hydrogens is 302 g/mol. The van der Waals surface area contributed by atoms with E-state index in [0.29, 0.717) is 10.7 Å². The SMILES string of the molecule is Cc1cc2c(N3CCC(C(C)(C)C)CC3)nc(Cl)nc2s1. The number of aryl methyl sites for hydroxylation is 1. The molecule has 3 heterocycles. The van der Waals surface area contributed by atoms with Gasteiger partial charge >= 0.3 is 0 Å². The lowest BCUT2D eigenvalue weighted by atomic mass is 9.75. The number of rotatable bonds is 1. The molecule has 114 valence electrons. The third-order valence-electron chi connectivity index (χ3n) is 4.49. The Morgan fingerprint density at radius 2 is 1.90 bits per heavy atom. The van der Waals surface area contributed by atoms with Crippen molar-refractivity contribution in [2.75, 3.05) is 18.0 Å². The molecule has 1 aliphatic heterocycles. The average molecular weight is 324 g/mol. The van der Waals surface area contributed by atoms with E-state index in [2.05, 4.69) is 48.6 Å². The summed E-state index contributed by atoms with van der Waals surface area (Å²) in [5.74, 6) is 1.80. The van der Waals surface area contributed by atoms with Gasteiger partial charge in [0.1, 0.15) is 10.6 Å². The second-order valence-corrected chi connectivity index (χ2v) is 8.59. The van der Waals surface area contributed by atoms with E-state index in [1.807, 2.05) is 0 Å². The van der Waals surface area contributed by atoms with Crippen LogP contribution in [0.4, 0.5) is 5.82 Å². The minimum atomic E-state index is 0.359. The van der Waals surface area contributed by atoms with Crippen LogP contribution in [0.15, 0.2) is 6.07 Å². The summed E-state index contributed by atoms with van der Waals surface area (Å²) in [5.41, 5.74) is 0.393. The molecule has 0 N–H and O–H groups in total. The molecular formula is C16H22ClN3S. The Bertz CT molecular complexity index is 651. The number of nitrogens with zero attached hydrogens (tertiary/aromatic N) is 3. The van der Waals surface area contributed by atoms with Gasteiger partial charge in [0.05, 0.1) is 5.39 Å². The van der Waals surface area contributed by atoms with E-state index in [0.717, 1.165) is 35.0 Å². The first-order valence-electron chi connectivity index (χ1n) is 7.53. The average Bonchev–Trinajstić information content (AvgIpc) is 2.77. The normalized spacial score (nSPS) is 17.7. The van der Waals surface area contributed by atoms with Crippen LogP contribution >= 0.6 is 22.9 Å². The summed E-state index contributed by atoms with van der Waals surface area (Å²) in [7, 11) is 0. The molecule has 0 bridgehead atoms. The van der Waals surface area contributed by atoms with E-state index >= 15 is 0 Å². The van der Waals surface area contributed by atoms with Crippen molar-refractivity contribution < 1.29 is 0 Å². The fraction of sp³-hybridized carbons (Fsp3) is 0.625. The summed E-state index contributed by atoms with van der Waals surface area (Å²) in [5, 5.41) is 1.51. The summed E-state index contributed by atoms with van der Waals surface area (Å²) in [4.78, 5) is 13.5. The van der Waals surface area contributed by atoms with Crippen LogP contribution in [0, 0.1) is 18.3 Å². The Labute approximate surface area is 135 Å².